The highest BCUT2D eigenvalue weighted by Gasteiger charge is 2.18. The lowest BCUT2D eigenvalue weighted by Gasteiger charge is -2.26. The molecule has 1 saturated heterocycles. The van der Waals surface area contributed by atoms with E-state index in [4.69, 9.17) is 14.2 Å². The van der Waals surface area contributed by atoms with Crippen LogP contribution in [-0.2, 0) is 17.6 Å². The maximum atomic E-state index is 13.8. The van der Waals surface area contributed by atoms with Crippen molar-refractivity contribution in [2.45, 2.75) is 19.3 Å². The zero-order chi connectivity index (χ0) is 29.6. The minimum atomic E-state index is -0.381. The summed E-state index contributed by atoms with van der Waals surface area (Å²) < 4.78 is 18.2. The number of fused-ring (bicyclic) bond motifs is 1. The van der Waals surface area contributed by atoms with Crippen LogP contribution in [0.25, 0.3) is 5.69 Å². The molecule has 2 N–H and O–H groups in total. The van der Waals surface area contributed by atoms with Gasteiger partial charge in [0.1, 0.15) is 11.5 Å². The molecule has 2 aliphatic rings. The Balaban J connectivity index is 1.22. The van der Waals surface area contributed by atoms with Gasteiger partial charge in [-0.25, -0.2) is 0 Å². The number of carbonyl (C=O) groups excluding carboxylic acids is 1. The van der Waals surface area contributed by atoms with Crippen LogP contribution in [-0.4, -0.2) is 67.1 Å². The highest BCUT2D eigenvalue weighted by Crippen LogP contribution is 2.32. The first-order valence-corrected chi connectivity index (χ1v) is 14.6. The summed E-state index contributed by atoms with van der Waals surface area (Å²) in [6, 6.07) is 20.1. The van der Waals surface area contributed by atoms with E-state index in [1.807, 2.05) is 12.1 Å². The Morgan fingerprint density at radius 3 is 2.47 bits per heavy atom. The maximum Gasteiger partial charge on any atom is 0.299 e. The molecule has 0 saturated carbocycles. The van der Waals surface area contributed by atoms with Crippen LogP contribution in [0.2, 0.25) is 0 Å². The first-order valence-electron chi connectivity index (χ1n) is 14.6. The van der Waals surface area contributed by atoms with E-state index >= 15 is 0 Å². The number of carbonyl (C=O) groups is 1. The van der Waals surface area contributed by atoms with E-state index in [0.717, 1.165) is 52.1 Å². The summed E-state index contributed by atoms with van der Waals surface area (Å²) in [4.78, 5) is 28.8. The van der Waals surface area contributed by atoms with Crippen molar-refractivity contribution in [1.29, 1.82) is 0 Å². The first-order chi connectivity index (χ1) is 21.1. The molecule has 1 fully saturated rings. The molecule has 10 heteroatoms. The number of aryl methyl sites for hydroxylation is 2. The fourth-order valence-corrected chi connectivity index (χ4v) is 5.38. The number of aromatic nitrogens is 2. The van der Waals surface area contributed by atoms with Gasteiger partial charge in [-0.15, -0.1) is 0 Å². The molecule has 2 heterocycles. The van der Waals surface area contributed by atoms with Crippen molar-refractivity contribution in [3.05, 3.63) is 100.0 Å². The number of nitrogens with zero attached hydrogens (tertiary/aromatic N) is 3. The summed E-state index contributed by atoms with van der Waals surface area (Å²) in [6.45, 7) is 4.55. The van der Waals surface area contributed by atoms with Gasteiger partial charge in [-0.2, -0.15) is 9.78 Å². The Morgan fingerprint density at radius 2 is 1.70 bits per heavy atom. The van der Waals surface area contributed by atoms with E-state index in [9.17, 15) is 9.59 Å². The van der Waals surface area contributed by atoms with Gasteiger partial charge in [0.05, 0.1) is 32.2 Å². The van der Waals surface area contributed by atoms with Crippen molar-refractivity contribution in [2.24, 2.45) is 0 Å². The van der Waals surface area contributed by atoms with Gasteiger partial charge in [0, 0.05) is 37.4 Å². The molecule has 1 aromatic heterocycles. The van der Waals surface area contributed by atoms with Crippen LogP contribution in [0.4, 0.5) is 11.4 Å². The van der Waals surface area contributed by atoms with E-state index in [1.54, 1.807) is 55.6 Å². The number of rotatable bonds is 10. The van der Waals surface area contributed by atoms with Gasteiger partial charge in [0.2, 0.25) is 0 Å². The second-order valence-corrected chi connectivity index (χ2v) is 10.6. The van der Waals surface area contributed by atoms with Crippen molar-refractivity contribution in [1.82, 2.24) is 20.0 Å². The Hall–Kier alpha value is -4.67. The third kappa shape index (κ3) is 6.71. The number of benzene rings is 3. The third-order valence-electron chi connectivity index (χ3n) is 7.79. The first kappa shape index (κ1) is 28.4. The van der Waals surface area contributed by atoms with Crippen molar-refractivity contribution in [2.75, 3.05) is 51.8 Å². The number of hydrogen-bond acceptors (Lipinski definition) is 8. The lowest BCUT2D eigenvalue weighted by molar-refractivity contribution is 0.0383. The van der Waals surface area contributed by atoms with Crippen LogP contribution >= 0.6 is 0 Å². The molecule has 4 aromatic rings. The molecule has 1 amide bonds. The molecule has 0 radical (unpaired) electrons. The van der Waals surface area contributed by atoms with Gasteiger partial charge in [0.15, 0.2) is 11.4 Å². The SMILES string of the molecule is COc1ccc(-n2ncc(Oc3ccc4c(c3)CCC4)c(Nc3ccc(C(=O)NCCN4CCOCC4)cc3)c2=O)cc1. The molecule has 43 heavy (non-hydrogen) atoms. The average Bonchev–Trinajstić information content (AvgIpc) is 3.52. The molecule has 0 unspecified atom stereocenters. The van der Waals surface area contributed by atoms with Gasteiger partial charge < -0.3 is 24.8 Å². The molecular weight excluding hydrogens is 546 g/mol. The molecule has 1 aliphatic carbocycles. The number of nitrogens with one attached hydrogen (secondary N) is 2. The average molecular weight is 582 g/mol. The number of methoxy groups -OCH3 is 1. The summed E-state index contributed by atoms with van der Waals surface area (Å²) in [5, 5.41) is 10.6. The fourth-order valence-electron chi connectivity index (χ4n) is 5.38. The molecular formula is C33H35N5O5. The Kier molecular flexibility index (Phi) is 8.67. The van der Waals surface area contributed by atoms with Gasteiger partial charge in [-0.05, 0) is 91.1 Å². The fraction of sp³-hybridized carbons (Fsp3) is 0.303. The standard InChI is InChI=1S/C33H35N5O5/c1-41-28-13-10-27(11-14-28)38-33(40)31(30(22-35-38)43-29-12-7-23-3-2-4-25(23)21-29)36-26-8-5-24(6-9-26)32(39)34-15-16-37-17-19-42-20-18-37/h5-14,21-22,36H,2-4,15-20H2,1H3,(H,34,39). The lowest BCUT2D eigenvalue weighted by Crippen LogP contribution is -2.41. The molecule has 222 valence electrons. The summed E-state index contributed by atoms with van der Waals surface area (Å²) in [6.07, 6.45) is 4.76. The van der Waals surface area contributed by atoms with E-state index < -0.39 is 0 Å². The van der Waals surface area contributed by atoms with Crippen LogP contribution in [0, 0.1) is 0 Å². The van der Waals surface area contributed by atoms with Crippen LogP contribution < -0.4 is 25.7 Å². The number of hydrogen-bond donors (Lipinski definition) is 2. The van der Waals surface area contributed by atoms with Gasteiger partial charge in [0.25, 0.3) is 11.5 Å². The molecule has 0 bridgehead atoms. The van der Waals surface area contributed by atoms with E-state index in [1.165, 1.54) is 22.0 Å². The number of anilines is 2. The highest BCUT2D eigenvalue weighted by molar-refractivity contribution is 5.94. The van der Waals surface area contributed by atoms with E-state index in [0.29, 0.717) is 40.7 Å². The lowest BCUT2D eigenvalue weighted by atomic mass is 10.1. The Bertz CT molecular complexity index is 1630. The van der Waals surface area contributed by atoms with E-state index in [2.05, 4.69) is 26.7 Å². The van der Waals surface area contributed by atoms with Crippen LogP contribution in [0.5, 0.6) is 17.2 Å². The van der Waals surface area contributed by atoms with Crippen molar-refractivity contribution < 1.29 is 19.0 Å². The van der Waals surface area contributed by atoms with Gasteiger partial charge in [-0.1, -0.05) is 6.07 Å². The molecule has 6 rings (SSSR count). The number of amides is 1. The molecule has 1 aliphatic heterocycles. The smallest absolute Gasteiger partial charge is 0.299 e. The van der Waals surface area contributed by atoms with Crippen molar-refractivity contribution in [3.63, 3.8) is 0 Å². The summed E-state index contributed by atoms with van der Waals surface area (Å²) >= 11 is 0. The monoisotopic (exact) mass is 581 g/mol. The summed E-state index contributed by atoms with van der Waals surface area (Å²) in [5.74, 6) is 1.48. The summed E-state index contributed by atoms with van der Waals surface area (Å²) in [7, 11) is 1.59. The molecule has 0 atom stereocenters. The minimum Gasteiger partial charge on any atom is -0.497 e. The van der Waals surface area contributed by atoms with Crippen LogP contribution in [0.1, 0.15) is 27.9 Å². The van der Waals surface area contributed by atoms with Crippen molar-refractivity contribution in [3.8, 4) is 22.9 Å². The van der Waals surface area contributed by atoms with Crippen LogP contribution in [0.15, 0.2) is 77.7 Å². The normalized spacial score (nSPS) is 14.6. The zero-order valence-electron chi connectivity index (χ0n) is 24.2. The second-order valence-electron chi connectivity index (χ2n) is 10.6. The van der Waals surface area contributed by atoms with Crippen molar-refractivity contribution >= 4 is 17.3 Å². The predicted octanol–water partition coefficient (Wildman–Crippen LogP) is 4.33. The Morgan fingerprint density at radius 1 is 0.953 bits per heavy atom. The largest absolute Gasteiger partial charge is 0.497 e. The predicted molar refractivity (Wildman–Crippen MR) is 164 cm³/mol. The zero-order valence-corrected chi connectivity index (χ0v) is 24.2. The number of morpholine rings is 1. The van der Waals surface area contributed by atoms with Gasteiger partial charge >= 0.3 is 0 Å². The topological polar surface area (TPSA) is 107 Å². The Labute approximate surface area is 250 Å². The second kappa shape index (κ2) is 13.1. The highest BCUT2D eigenvalue weighted by atomic mass is 16.5. The third-order valence-corrected chi connectivity index (χ3v) is 7.79. The summed E-state index contributed by atoms with van der Waals surface area (Å²) in [5.41, 5.74) is 4.21. The molecule has 10 nitrogen and oxygen atoms in total. The number of ether oxygens (including phenoxy) is 3. The minimum absolute atomic E-state index is 0.147. The molecule has 3 aromatic carbocycles. The van der Waals surface area contributed by atoms with E-state index in [-0.39, 0.29) is 17.2 Å². The molecule has 0 spiro atoms. The van der Waals surface area contributed by atoms with Gasteiger partial charge in [-0.3, -0.25) is 14.5 Å². The van der Waals surface area contributed by atoms with Crippen LogP contribution in [0.3, 0.4) is 0 Å². The maximum absolute atomic E-state index is 13.8. The quantitative estimate of drug-likeness (QED) is 0.285.